The largest absolute Gasteiger partial charge is 0.415 e. The number of rotatable bonds is 8. The van der Waals surface area contributed by atoms with Crippen LogP contribution in [0.3, 0.4) is 0 Å². The van der Waals surface area contributed by atoms with E-state index < -0.39 is 6.09 Å². The van der Waals surface area contributed by atoms with E-state index in [1.165, 1.54) is 12.1 Å². The van der Waals surface area contributed by atoms with E-state index in [0.717, 1.165) is 16.5 Å². The summed E-state index contributed by atoms with van der Waals surface area (Å²) in [6.45, 7) is 7.30. The standard InChI is InChI=1S/C24H28FN3O3/c1-4-7-22(29)26-23-19-14-15-28(16-17-8-10-18(25)11-9-17)20(19)12-13-21(23)31-24(30)27(5-2)6-3/h8-15H,4-7,16H2,1-3H3,(H,26,29). The molecule has 0 aliphatic rings. The van der Waals surface area contributed by atoms with E-state index in [4.69, 9.17) is 4.74 Å². The van der Waals surface area contributed by atoms with Gasteiger partial charge in [0.25, 0.3) is 0 Å². The van der Waals surface area contributed by atoms with Gasteiger partial charge in [0.1, 0.15) is 5.82 Å². The van der Waals surface area contributed by atoms with E-state index in [0.29, 0.717) is 43.9 Å². The topological polar surface area (TPSA) is 63.6 Å². The molecule has 0 aliphatic carbocycles. The van der Waals surface area contributed by atoms with Gasteiger partial charge in [-0.1, -0.05) is 19.1 Å². The number of ether oxygens (including phenoxy) is 1. The lowest BCUT2D eigenvalue weighted by Gasteiger charge is -2.20. The Morgan fingerprint density at radius 3 is 2.39 bits per heavy atom. The van der Waals surface area contributed by atoms with Crippen molar-refractivity contribution in [1.82, 2.24) is 9.47 Å². The summed E-state index contributed by atoms with van der Waals surface area (Å²) in [4.78, 5) is 26.4. The van der Waals surface area contributed by atoms with Crippen LogP contribution < -0.4 is 10.1 Å². The lowest BCUT2D eigenvalue weighted by atomic mass is 10.1. The number of anilines is 1. The molecule has 164 valence electrons. The number of hydrogen-bond donors (Lipinski definition) is 1. The number of halogens is 1. The molecule has 31 heavy (non-hydrogen) atoms. The normalized spacial score (nSPS) is 10.8. The van der Waals surface area contributed by atoms with E-state index in [1.807, 2.05) is 43.7 Å². The maximum absolute atomic E-state index is 13.2. The van der Waals surface area contributed by atoms with Crippen LogP contribution in [-0.4, -0.2) is 34.6 Å². The Balaban J connectivity index is 1.98. The van der Waals surface area contributed by atoms with Crippen LogP contribution in [0.4, 0.5) is 14.9 Å². The number of carbonyl (C=O) groups excluding carboxylic acids is 2. The molecule has 0 saturated heterocycles. The third-order valence-corrected chi connectivity index (χ3v) is 5.14. The monoisotopic (exact) mass is 425 g/mol. The third-order valence-electron chi connectivity index (χ3n) is 5.14. The van der Waals surface area contributed by atoms with E-state index in [2.05, 4.69) is 5.32 Å². The lowest BCUT2D eigenvalue weighted by Crippen LogP contribution is -2.33. The van der Waals surface area contributed by atoms with Crippen molar-refractivity contribution in [3.05, 3.63) is 60.0 Å². The summed E-state index contributed by atoms with van der Waals surface area (Å²) in [5, 5.41) is 3.70. The fourth-order valence-electron chi connectivity index (χ4n) is 3.46. The van der Waals surface area contributed by atoms with Crippen LogP contribution in [0, 0.1) is 5.82 Å². The van der Waals surface area contributed by atoms with Crippen molar-refractivity contribution < 1.29 is 18.7 Å². The zero-order valence-corrected chi connectivity index (χ0v) is 18.2. The Morgan fingerprint density at radius 2 is 1.74 bits per heavy atom. The number of hydrogen-bond acceptors (Lipinski definition) is 3. The lowest BCUT2D eigenvalue weighted by molar-refractivity contribution is -0.116. The highest BCUT2D eigenvalue weighted by atomic mass is 19.1. The number of aromatic nitrogens is 1. The van der Waals surface area contributed by atoms with Gasteiger partial charge in [-0.25, -0.2) is 9.18 Å². The van der Waals surface area contributed by atoms with Crippen molar-refractivity contribution in [3.8, 4) is 5.75 Å². The van der Waals surface area contributed by atoms with Crippen molar-refractivity contribution in [2.24, 2.45) is 0 Å². The Bertz CT molecular complexity index is 1060. The van der Waals surface area contributed by atoms with Gasteiger partial charge in [0.15, 0.2) is 5.75 Å². The number of amides is 2. The first-order chi connectivity index (χ1) is 15.0. The second kappa shape index (κ2) is 10.1. The highest BCUT2D eigenvalue weighted by molar-refractivity contribution is 6.04. The van der Waals surface area contributed by atoms with Crippen molar-refractivity contribution in [2.45, 2.75) is 40.2 Å². The second-order valence-corrected chi connectivity index (χ2v) is 7.28. The van der Waals surface area contributed by atoms with Crippen molar-refractivity contribution >= 4 is 28.6 Å². The summed E-state index contributed by atoms with van der Waals surface area (Å²) in [6.07, 6.45) is 2.53. The van der Waals surface area contributed by atoms with Gasteiger partial charge in [-0.05, 0) is 56.2 Å². The minimum absolute atomic E-state index is 0.138. The van der Waals surface area contributed by atoms with E-state index in [1.54, 1.807) is 23.1 Å². The molecule has 1 aromatic heterocycles. The second-order valence-electron chi connectivity index (χ2n) is 7.28. The molecular formula is C24H28FN3O3. The SMILES string of the molecule is CCCC(=O)Nc1c(OC(=O)N(CC)CC)ccc2c1ccn2Cc1ccc(F)cc1. The predicted octanol–water partition coefficient (Wildman–Crippen LogP) is 5.41. The summed E-state index contributed by atoms with van der Waals surface area (Å²) < 4.78 is 20.9. The Kier molecular flexibility index (Phi) is 7.28. The maximum atomic E-state index is 13.2. The molecule has 3 aromatic rings. The quantitative estimate of drug-likeness (QED) is 0.525. The molecule has 2 amide bonds. The minimum Gasteiger partial charge on any atom is -0.408 e. The van der Waals surface area contributed by atoms with Gasteiger partial charge in [0, 0.05) is 37.6 Å². The molecular weight excluding hydrogens is 397 g/mol. The number of benzene rings is 2. The van der Waals surface area contributed by atoms with Crippen molar-refractivity contribution in [3.63, 3.8) is 0 Å². The van der Waals surface area contributed by atoms with Crippen LogP contribution in [-0.2, 0) is 11.3 Å². The molecule has 0 aliphatic heterocycles. The number of nitrogens with zero attached hydrogens (tertiary/aromatic N) is 2. The van der Waals surface area contributed by atoms with Gasteiger partial charge in [-0.2, -0.15) is 0 Å². The van der Waals surface area contributed by atoms with Crippen LogP contribution in [0.5, 0.6) is 5.75 Å². The van der Waals surface area contributed by atoms with E-state index in [9.17, 15) is 14.0 Å². The molecule has 0 saturated carbocycles. The molecule has 0 unspecified atom stereocenters. The van der Waals surface area contributed by atoms with Crippen LogP contribution in [0.1, 0.15) is 39.2 Å². The summed E-state index contributed by atoms with van der Waals surface area (Å²) >= 11 is 0. The highest BCUT2D eigenvalue weighted by Crippen LogP contribution is 2.35. The first-order valence-electron chi connectivity index (χ1n) is 10.6. The van der Waals surface area contributed by atoms with Crippen LogP contribution in [0.2, 0.25) is 0 Å². The predicted molar refractivity (Wildman–Crippen MR) is 120 cm³/mol. The average Bonchev–Trinajstić information content (AvgIpc) is 3.15. The molecule has 3 rings (SSSR count). The molecule has 0 spiro atoms. The van der Waals surface area contributed by atoms with Crippen LogP contribution in [0.15, 0.2) is 48.7 Å². The summed E-state index contributed by atoms with van der Waals surface area (Å²) in [7, 11) is 0. The molecule has 2 aromatic carbocycles. The zero-order valence-electron chi connectivity index (χ0n) is 18.2. The molecule has 0 bridgehead atoms. The van der Waals surface area contributed by atoms with Crippen molar-refractivity contribution in [2.75, 3.05) is 18.4 Å². The summed E-state index contributed by atoms with van der Waals surface area (Å²) in [6, 6.07) is 11.8. The molecule has 0 radical (unpaired) electrons. The minimum atomic E-state index is -0.457. The molecule has 7 heteroatoms. The molecule has 1 heterocycles. The van der Waals surface area contributed by atoms with E-state index >= 15 is 0 Å². The first-order valence-corrected chi connectivity index (χ1v) is 10.6. The Morgan fingerprint density at radius 1 is 1.03 bits per heavy atom. The summed E-state index contributed by atoms with van der Waals surface area (Å²) in [5.74, 6) is -0.100. The molecule has 0 atom stereocenters. The zero-order chi connectivity index (χ0) is 22.4. The Labute approximate surface area is 181 Å². The fraction of sp³-hybridized carbons (Fsp3) is 0.333. The smallest absolute Gasteiger partial charge is 0.408 e. The number of nitrogens with one attached hydrogen (secondary N) is 1. The van der Waals surface area contributed by atoms with Crippen molar-refractivity contribution in [1.29, 1.82) is 0 Å². The van der Waals surface area contributed by atoms with E-state index in [-0.39, 0.29) is 11.7 Å². The van der Waals surface area contributed by atoms with Gasteiger partial charge in [-0.3, -0.25) is 4.79 Å². The Hall–Kier alpha value is -3.35. The number of carbonyl (C=O) groups is 2. The van der Waals surface area contributed by atoms with Gasteiger partial charge in [0.05, 0.1) is 11.2 Å². The average molecular weight is 426 g/mol. The third kappa shape index (κ3) is 5.23. The number of fused-ring (bicyclic) bond motifs is 1. The molecule has 1 N–H and O–H groups in total. The fourth-order valence-corrected chi connectivity index (χ4v) is 3.46. The maximum Gasteiger partial charge on any atom is 0.415 e. The van der Waals surface area contributed by atoms with Gasteiger partial charge in [-0.15, -0.1) is 0 Å². The molecule has 6 nitrogen and oxygen atoms in total. The highest BCUT2D eigenvalue weighted by Gasteiger charge is 2.19. The van der Waals surface area contributed by atoms with Crippen LogP contribution in [0.25, 0.3) is 10.9 Å². The van der Waals surface area contributed by atoms with Gasteiger partial charge >= 0.3 is 6.09 Å². The van der Waals surface area contributed by atoms with Crippen LogP contribution >= 0.6 is 0 Å². The molecule has 0 fully saturated rings. The first kappa shape index (κ1) is 22.3. The van der Waals surface area contributed by atoms with Gasteiger partial charge < -0.3 is 19.5 Å². The van der Waals surface area contributed by atoms with Gasteiger partial charge in [0.2, 0.25) is 5.91 Å². The summed E-state index contributed by atoms with van der Waals surface area (Å²) in [5.41, 5.74) is 2.31.